The smallest absolute Gasteiger partial charge is 0.272 e. The second-order valence-electron chi connectivity index (χ2n) is 8.62. The van der Waals surface area contributed by atoms with Gasteiger partial charge < -0.3 is 4.90 Å². The van der Waals surface area contributed by atoms with Crippen LogP contribution in [-0.2, 0) is 6.54 Å². The van der Waals surface area contributed by atoms with Gasteiger partial charge in [-0.2, -0.15) is 5.10 Å². The fourth-order valence-electron chi connectivity index (χ4n) is 4.74. The molecule has 6 nitrogen and oxygen atoms in total. The number of carbonyl (C=O) groups is 1. The number of piperidine rings is 1. The third-order valence-electron chi connectivity index (χ3n) is 6.50. The third kappa shape index (κ3) is 4.09. The molecule has 29 heavy (non-hydrogen) atoms. The number of amides is 1. The van der Waals surface area contributed by atoms with Crippen molar-refractivity contribution in [1.82, 2.24) is 25.5 Å². The standard InChI is InChI=1S/C23H33N5O/c1-4-28-21(14-20(26-28)16(2)3)23(29)27-12-10-18(11-13-27)22-19(15-24-25-22)17-8-6-5-7-9-17/h5-9,14,16,18-19,22,24-25H,4,10-13,15H2,1-3H3. The van der Waals surface area contributed by atoms with Gasteiger partial charge in [0.25, 0.3) is 5.91 Å². The summed E-state index contributed by atoms with van der Waals surface area (Å²) in [7, 11) is 0. The molecule has 2 atom stereocenters. The van der Waals surface area contributed by atoms with Gasteiger partial charge in [-0.05, 0) is 43.2 Å². The zero-order chi connectivity index (χ0) is 20.4. The molecule has 2 fully saturated rings. The zero-order valence-electron chi connectivity index (χ0n) is 17.8. The van der Waals surface area contributed by atoms with Crippen LogP contribution >= 0.6 is 0 Å². The van der Waals surface area contributed by atoms with Crippen LogP contribution in [-0.4, -0.2) is 46.3 Å². The average molecular weight is 396 g/mol. The Balaban J connectivity index is 1.41. The topological polar surface area (TPSA) is 62.2 Å². The maximum atomic E-state index is 13.2. The summed E-state index contributed by atoms with van der Waals surface area (Å²) in [4.78, 5) is 15.2. The van der Waals surface area contributed by atoms with Gasteiger partial charge in [0, 0.05) is 38.1 Å². The van der Waals surface area contributed by atoms with Crippen molar-refractivity contribution in [3.63, 3.8) is 0 Å². The Hall–Kier alpha value is -2.18. The number of nitrogens with zero attached hydrogens (tertiary/aromatic N) is 3. The number of hydrogen-bond acceptors (Lipinski definition) is 4. The Labute approximate surface area is 173 Å². The van der Waals surface area contributed by atoms with Gasteiger partial charge in [-0.3, -0.25) is 20.3 Å². The number of hydrogen-bond donors (Lipinski definition) is 2. The average Bonchev–Trinajstić information content (AvgIpc) is 3.41. The highest BCUT2D eigenvalue weighted by Crippen LogP contribution is 2.32. The van der Waals surface area contributed by atoms with Crippen LogP contribution in [0.3, 0.4) is 0 Å². The summed E-state index contributed by atoms with van der Waals surface area (Å²) in [5, 5.41) is 4.62. The van der Waals surface area contributed by atoms with Gasteiger partial charge in [0.1, 0.15) is 5.69 Å². The molecule has 2 N–H and O–H groups in total. The molecule has 2 unspecified atom stereocenters. The van der Waals surface area contributed by atoms with E-state index in [4.69, 9.17) is 0 Å². The van der Waals surface area contributed by atoms with Gasteiger partial charge in [0.15, 0.2) is 0 Å². The highest BCUT2D eigenvalue weighted by atomic mass is 16.2. The molecule has 4 rings (SSSR count). The number of carbonyl (C=O) groups excluding carboxylic acids is 1. The summed E-state index contributed by atoms with van der Waals surface area (Å²) in [5.41, 5.74) is 10.0. The van der Waals surface area contributed by atoms with Gasteiger partial charge in [-0.25, -0.2) is 0 Å². The van der Waals surface area contributed by atoms with Crippen molar-refractivity contribution in [3.05, 3.63) is 53.3 Å². The van der Waals surface area contributed by atoms with Crippen molar-refractivity contribution in [2.45, 2.75) is 58.0 Å². The summed E-state index contributed by atoms with van der Waals surface area (Å²) < 4.78 is 1.86. The Kier molecular flexibility index (Phi) is 6.01. The summed E-state index contributed by atoms with van der Waals surface area (Å²) in [6.07, 6.45) is 2.07. The molecule has 2 aliphatic heterocycles. The summed E-state index contributed by atoms with van der Waals surface area (Å²) in [5.74, 6) is 1.51. The minimum Gasteiger partial charge on any atom is -0.337 e. The van der Waals surface area contributed by atoms with E-state index >= 15 is 0 Å². The van der Waals surface area contributed by atoms with Gasteiger partial charge >= 0.3 is 0 Å². The Bertz CT molecular complexity index is 823. The molecule has 6 heteroatoms. The molecule has 0 aliphatic carbocycles. The zero-order valence-corrected chi connectivity index (χ0v) is 17.8. The lowest BCUT2D eigenvalue weighted by Crippen LogP contribution is -2.46. The summed E-state index contributed by atoms with van der Waals surface area (Å²) in [6.45, 7) is 9.59. The molecule has 1 amide bonds. The first kappa shape index (κ1) is 20.1. The molecular formula is C23H33N5O. The van der Waals surface area contributed by atoms with E-state index in [-0.39, 0.29) is 5.91 Å². The van der Waals surface area contributed by atoms with Crippen molar-refractivity contribution in [2.24, 2.45) is 5.92 Å². The first-order valence-corrected chi connectivity index (χ1v) is 11.0. The Morgan fingerprint density at radius 1 is 1.21 bits per heavy atom. The normalized spacial score (nSPS) is 23.1. The molecule has 0 radical (unpaired) electrons. The third-order valence-corrected chi connectivity index (χ3v) is 6.50. The van der Waals surface area contributed by atoms with E-state index in [9.17, 15) is 4.79 Å². The molecule has 156 valence electrons. The molecule has 0 spiro atoms. The van der Waals surface area contributed by atoms with E-state index in [0.717, 1.165) is 50.4 Å². The van der Waals surface area contributed by atoms with Crippen LogP contribution in [0.4, 0.5) is 0 Å². The van der Waals surface area contributed by atoms with E-state index in [1.54, 1.807) is 0 Å². The number of hydrazine groups is 1. The molecule has 0 bridgehead atoms. The van der Waals surface area contributed by atoms with E-state index < -0.39 is 0 Å². The number of benzene rings is 1. The van der Waals surface area contributed by atoms with Crippen molar-refractivity contribution >= 4 is 5.91 Å². The Morgan fingerprint density at radius 2 is 1.93 bits per heavy atom. The van der Waals surface area contributed by atoms with Crippen LogP contribution in [0.1, 0.15) is 67.2 Å². The Morgan fingerprint density at radius 3 is 2.59 bits per heavy atom. The predicted octanol–water partition coefficient (Wildman–Crippen LogP) is 3.14. The molecule has 3 heterocycles. The van der Waals surface area contributed by atoms with Crippen molar-refractivity contribution in [2.75, 3.05) is 19.6 Å². The van der Waals surface area contributed by atoms with Gasteiger partial charge in [-0.15, -0.1) is 0 Å². The predicted molar refractivity (Wildman–Crippen MR) is 115 cm³/mol. The maximum Gasteiger partial charge on any atom is 0.272 e. The monoisotopic (exact) mass is 395 g/mol. The van der Waals surface area contributed by atoms with E-state index in [1.165, 1.54) is 5.56 Å². The SMILES string of the molecule is CCn1nc(C(C)C)cc1C(=O)N1CCC(C2NNCC2c2ccccc2)CC1. The molecule has 2 saturated heterocycles. The number of rotatable bonds is 5. The fraction of sp³-hybridized carbons (Fsp3) is 0.565. The van der Waals surface area contributed by atoms with E-state index in [0.29, 0.717) is 23.8 Å². The lowest BCUT2D eigenvalue weighted by molar-refractivity contribution is 0.0657. The fourth-order valence-corrected chi connectivity index (χ4v) is 4.74. The lowest BCUT2D eigenvalue weighted by atomic mass is 9.80. The van der Waals surface area contributed by atoms with Gasteiger partial charge in [0.05, 0.1) is 5.69 Å². The quantitative estimate of drug-likeness (QED) is 0.816. The van der Waals surface area contributed by atoms with Crippen molar-refractivity contribution in [1.29, 1.82) is 0 Å². The number of nitrogens with one attached hydrogen (secondary N) is 2. The molecule has 1 aromatic heterocycles. The first-order chi connectivity index (χ1) is 14.1. The van der Waals surface area contributed by atoms with Crippen molar-refractivity contribution < 1.29 is 4.79 Å². The van der Waals surface area contributed by atoms with Gasteiger partial charge in [-0.1, -0.05) is 44.2 Å². The lowest BCUT2D eigenvalue weighted by Gasteiger charge is -2.36. The maximum absolute atomic E-state index is 13.2. The largest absolute Gasteiger partial charge is 0.337 e. The van der Waals surface area contributed by atoms with Crippen LogP contribution in [0.2, 0.25) is 0 Å². The van der Waals surface area contributed by atoms with E-state index in [1.807, 2.05) is 22.6 Å². The van der Waals surface area contributed by atoms with Crippen LogP contribution in [0, 0.1) is 5.92 Å². The minimum atomic E-state index is 0.127. The molecule has 1 aromatic carbocycles. The number of likely N-dealkylation sites (tertiary alicyclic amines) is 1. The van der Waals surface area contributed by atoms with Crippen LogP contribution in [0.15, 0.2) is 36.4 Å². The number of aromatic nitrogens is 2. The second-order valence-corrected chi connectivity index (χ2v) is 8.62. The molecule has 2 aliphatic rings. The van der Waals surface area contributed by atoms with Crippen LogP contribution in [0.25, 0.3) is 0 Å². The van der Waals surface area contributed by atoms with Crippen LogP contribution in [0.5, 0.6) is 0 Å². The highest BCUT2D eigenvalue weighted by molar-refractivity contribution is 5.92. The highest BCUT2D eigenvalue weighted by Gasteiger charge is 2.37. The summed E-state index contributed by atoms with van der Waals surface area (Å²) in [6, 6.07) is 13.2. The molecule has 2 aromatic rings. The van der Waals surface area contributed by atoms with E-state index in [2.05, 4.69) is 60.1 Å². The van der Waals surface area contributed by atoms with Crippen molar-refractivity contribution in [3.8, 4) is 0 Å². The molecular weight excluding hydrogens is 362 g/mol. The second kappa shape index (κ2) is 8.67. The van der Waals surface area contributed by atoms with Gasteiger partial charge in [0.2, 0.25) is 0 Å². The summed E-state index contributed by atoms with van der Waals surface area (Å²) >= 11 is 0. The van der Waals surface area contributed by atoms with Crippen LogP contribution < -0.4 is 10.9 Å². The number of aryl methyl sites for hydroxylation is 1. The first-order valence-electron chi connectivity index (χ1n) is 11.0. The minimum absolute atomic E-state index is 0.127. The molecule has 0 saturated carbocycles.